The number of benzene rings is 1. The quantitative estimate of drug-likeness (QED) is 0.742. The van der Waals surface area contributed by atoms with Crippen molar-refractivity contribution in [3.05, 3.63) is 39.5 Å². The minimum absolute atomic E-state index is 0.0735. The lowest BCUT2D eigenvalue weighted by molar-refractivity contribution is 0.101. The van der Waals surface area contributed by atoms with Gasteiger partial charge in [-0.1, -0.05) is 15.9 Å². The van der Waals surface area contributed by atoms with Crippen LogP contribution in [0.15, 0.2) is 22.7 Å². The summed E-state index contributed by atoms with van der Waals surface area (Å²) in [5.74, 6) is 0.0735. The van der Waals surface area contributed by atoms with Gasteiger partial charge in [-0.25, -0.2) is 0 Å². The molecule has 0 spiro atoms. The summed E-state index contributed by atoms with van der Waals surface area (Å²) in [5, 5.41) is 1.03. The number of aromatic nitrogens is 1. The van der Waals surface area contributed by atoms with Gasteiger partial charge in [0.25, 0.3) is 0 Å². The zero-order chi connectivity index (χ0) is 11.9. The van der Waals surface area contributed by atoms with Crippen LogP contribution in [0.25, 0.3) is 10.9 Å². The summed E-state index contributed by atoms with van der Waals surface area (Å²) < 4.78 is 1.00. The summed E-state index contributed by atoms with van der Waals surface area (Å²) in [6.45, 7) is 5.44. The highest BCUT2D eigenvalue weighted by Crippen LogP contribution is 2.25. The van der Waals surface area contributed by atoms with Gasteiger partial charge < -0.3 is 0 Å². The fourth-order valence-corrected chi connectivity index (χ4v) is 2.43. The van der Waals surface area contributed by atoms with Crippen LogP contribution in [0.2, 0.25) is 0 Å². The summed E-state index contributed by atoms with van der Waals surface area (Å²) >= 11 is 3.43. The Hall–Kier alpha value is -1.22. The molecule has 0 radical (unpaired) electrons. The first-order chi connectivity index (χ1) is 7.50. The topological polar surface area (TPSA) is 30.0 Å². The first-order valence-electron chi connectivity index (χ1n) is 5.08. The first kappa shape index (κ1) is 11.3. The number of rotatable bonds is 1. The van der Waals surface area contributed by atoms with Gasteiger partial charge in [0.1, 0.15) is 0 Å². The van der Waals surface area contributed by atoms with Crippen molar-refractivity contribution in [3.8, 4) is 0 Å². The second-order valence-electron chi connectivity index (χ2n) is 3.91. The molecule has 2 rings (SSSR count). The van der Waals surface area contributed by atoms with Crippen molar-refractivity contribution in [1.82, 2.24) is 4.98 Å². The largest absolute Gasteiger partial charge is 0.294 e. The molecular weight excluding hydrogens is 266 g/mol. The molecule has 0 aliphatic carbocycles. The molecule has 0 N–H and O–H groups in total. The van der Waals surface area contributed by atoms with E-state index in [1.807, 2.05) is 32.0 Å². The van der Waals surface area contributed by atoms with E-state index in [9.17, 15) is 4.79 Å². The molecule has 0 aliphatic rings. The van der Waals surface area contributed by atoms with E-state index >= 15 is 0 Å². The Balaban J connectivity index is 2.90. The normalized spacial score (nSPS) is 10.8. The smallest absolute Gasteiger partial charge is 0.161 e. The van der Waals surface area contributed by atoms with Gasteiger partial charge in [0.15, 0.2) is 5.78 Å². The van der Waals surface area contributed by atoms with Crippen LogP contribution < -0.4 is 0 Å². The van der Waals surface area contributed by atoms with E-state index in [4.69, 9.17) is 0 Å². The maximum atomic E-state index is 11.6. The molecular formula is C13H12BrNO. The Morgan fingerprint density at radius 2 is 2.00 bits per heavy atom. The van der Waals surface area contributed by atoms with Gasteiger partial charge in [0.05, 0.1) is 5.52 Å². The minimum atomic E-state index is 0.0735. The van der Waals surface area contributed by atoms with Crippen molar-refractivity contribution in [1.29, 1.82) is 0 Å². The number of pyridine rings is 1. The molecule has 0 bridgehead atoms. The maximum Gasteiger partial charge on any atom is 0.161 e. The lowest BCUT2D eigenvalue weighted by Crippen LogP contribution is -2.03. The number of fused-ring (bicyclic) bond motifs is 1. The summed E-state index contributed by atoms with van der Waals surface area (Å²) in [7, 11) is 0. The van der Waals surface area contributed by atoms with E-state index in [-0.39, 0.29) is 5.78 Å². The molecule has 0 amide bonds. The van der Waals surface area contributed by atoms with E-state index in [0.29, 0.717) is 0 Å². The first-order valence-corrected chi connectivity index (χ1v) is 5.87. The Morgan fingerprint density at radius 1 is 1.31 bits per heavy atom. The summed E-state index contributed by atoms with van der Waals surface area (Å²) in [5.41, 5.74) is 3.49. The number of halogens is 1. The maximum absolute atomic E-state index is 11.6. The van der Waals surface area contributed by atoms with Crippen LogP contribution >= 0.6 is 15.9 Å². The Labute approximate surface area is 103 Å². The second kappa shape index (κ2) is 3.98. The fourth-order valence-electron chi connectivity index (χ4n) is 2.07. The third-order valence-corrected chi connectivity index (χ3v) is 3.23. The molecule has 0 unspecified atom stereocenters. The number of nitrogens with zero attached hydrogens (tertiary/aromatic N) is 1. The van der Waals surface area contributed by atoms with Crippen LogP contribution in [0, 0.1) is 13.8 Å². The van der Waals surface area contributed by atoms with Gasteiger partial charge in [-0.05, 0) is 44.5 Å². The Kier molecular flexibility index (Phi) is 2.80. The molecule has 1 aromatic heterocycles. The van der Waals surface area contributed by atoms with Gasteiger partial charge in [0, 0.05) is 21.1 Å². The van der Waals surface area contributed by atoms with Crippen molar-refractivity contribution in [3.63, 3.8) is 0 Å². The minimum Gasteiger partial charge on any atom is -0.294 e. The molecule has 0 aliphatic heterocycles. The third-order valence-electron chi connectivity index (χ3n) is 2.74. The highest BCUT2D eigenvalue weighted by molar-refractivity contribution is 9.10. The van der Waals surface area contributed by atoms with Crippen LogP contribution in [-0.2, 0) is 0 Å². The van der Waals surface area contributed by atoms with Gasteiger partial charge in [-0.2, -0.15) is 0 Å². The second-order valence-corrected chi connectivity index (χ2v) is 4.83. The average molecular weight is 278 g/mol. The standard InChI is InChI=1S/C13H12BrNO/c1-7-11-6-10(14)4-5-12(11)15-8(2)13(7)9(3)16/h4-6H,1-3H3. The molecule has 2 nitrogen and oxygen atoms in total. The van der Waals surface area contributed by atoms with E-state index in [1.54, 1.807) is 6.92 Å². The van der Waals surface area contributed by atoms with E-state index in [1.165, 1.54) is 0 Å². The van der Waals surface area contributed by atoms with Crippen LogP contribution in [0.4, 0.5) is 0 Å². The highest BCUT2D eigenvalue weighted by atomic mass is 79.9. The lowest BCUT2D eigenvalue weighted by Gasteiger charge is -2.10. The average Bonchev–Trinajstić information content (AvgIpc) is 2.19. The van der Waals surface area contributed by atoms with Crippen molar-refractivity contribution >= 4 is 32.6 Å². The molecule has 0 atom stereocenters. The number of aryl methyl sites for hydroxylation is 2. The van der Waals surface area contributed by atoms with Crippen molar-refractivity contribution in [2.45, 2.75) is 20.8 Å². The molecule has 0 saturated heterocycles. The Bertz CT molecular complexity index is 590. The molecule has 16 heavy (non-hydrogen) atoms. The molecule has 3 heteroatoms. The predicted molar refractivity (Wildman–Crippen MR) is 68.9 cm³/mol. The van der Waals surface area contributed by atoms with E-state index in [0.717, 1.165) is 32.2 Å². The summed E-state index contributed by atoms with van der Waals surface area (Å²) in [6.07, 6.45) is 0. The van der Waals surface area contributed by atoms with E-state index < -0.39 is 0 Å². The molecule has 82 valence electrons. The summed E-state index contributed by atoms with van der Waals surface area (Å²) in [4.78, 5) is 16.0. The number of carbonyl (C=O) groups excluding carboxylic acids is 1. The fraction of sp³-hybridized carbons (Fsp3) is 0.231. The van der Waals surface area contributed by atoms with Crippen LogP contribution in [-0.4, -0.2) is 10.8 Å². The number of hydrogen-bond donors (Lipinski definition) is 0. The number of Topliss-reactive ketones (excluding diaryl/α,β-unsaturated/α-hetero) is 1. The monoisotopic (exact) mass is 277 g/mol. The van der Waals surface area contributed by atoms with Gasteiger partial charge in [-0.3, -0.25) is 9.78 Å². The zero-order valence-corrected chi connectivity index (χ0v) is 11.1. The molecule has 1 aromatic carbocycles. The summed E-state index contributed by atoms with van der Waals surface area (Å²) in [6, 6.07) is 5.93. The Morgan fingerprint density at radius 3 is 2.62 bits per heavy atom. The van der Waals surface area contributed by atoms with E-state index in [2.05, 4.69) is 20.9 Å². The van der Waals surface area contributed by atoms with Gasteiger partial charge in [-0.15, -0.1) is 0 Å². The molecule has 0 saturated carbocycles. The number of carbonyl (C=O) groups is 1. The predicted octanol–water partition coefficient (Wildman–Crippen LogP) is 3.82. The van der Waals surface area contributed by atoms with Gasteiger partial charge >= 0.3 is 0 Å². The van der Waals surface area contributed by atoms with Crippen molar-refractivity contribution in [2.75, 3.05) is 0 Å². The zero-order valence-electron chi connectivity index (χ0n) is 9.47. The third kappa shape index (κ3) is 1.76. The van der Waals surface area contributed by atoms with Crippen LogP contribution in [0.3, 0.4) is 0 Å². The highest BCUT2D eigenvalue weighted by Gasteiger charge is 2.12. The molecule has 0 fully saturated rings. The lowest BCUT2D eigenvalue weighted by atomic mass is 9.99. The SMILES string of the molecule is CC(=O)c1c(C)nc2ccc(Br)cc2c1C. The van der Waals surface area contributed by atoms with Crippen LogP contribution in [0.1, 0.15) is 28.5 Å². The van der Waals surface area contributed by atoms with Crippen molar-refractivity contribution in [2.24, 2.45) is 0 Å². The molecule has 2 aromatic rings. The number of ketones is 1. The van der Waals surface area contributed by atoms with Crippen molar-refractivity contribution < 1.29 is 4.79 Å². The van der Waals surface area contributed by atoms with Crippen LogP contribution in [0.5, 0.6) is 0 Å². The number of hydrogen-bond acceptors (Lipinski definition) is 2. The van der Waals surface area contributed by atoms with Gasteiger partial charge in [0.2, 0.25) is 0 Å². The molecule has 1 heterocycles.